The minimum atomic E-state index is -1.22. The van der Waals surface area contributed by atoms with Crippen LogP contribution in [0, 0.1) is 18.6 Å². The number of halogens is 2. The van der Waals surface area contributed by atoms with Crippen molar-refractivity contribution in [3.63, 3.8) is 0 Å². The van der Waals surface area contributed by atoms with E-state index in [2.05, 4.69) is 0 Å². The van der Waals surface area contributed by atoms with Crippen molar-refractivity contribution in [1.29, 1.82) is 0 Å². The normalized spacial score (nSPS) is 16.0. The molecule has 2 aliphatic rings. The number of hydrogen-bond acceptors (Lipinski definition) is 8. The van der Waals surface area contributed by atoms with Crippen LogP contribution in [-0.4, -0.2) is 75.5 Å². The highest BCUT2D eigenvalue weighted by molar-refractivity contribution is 6.40. The molecule has 2 aromatic carbocycles. The van der Waals surface area contributed by atoms with Crippen LogP contribution in [0.5, 0.6) is 0 Å². The molecule has 11 heteroatoms. The molecule has 2 aliphatic heterocycles. The van der Waals surface area contributed by atoms with E-state index < -0.39 is 34.4 Å². The van der Waals surface area contributed by atoms with Crippen molar-refractivity contribution >= 4 is 34.0 Å². The second-order valence-corrected chi connectivity index (χ2v) is 9.33. The molecule has 0 atom stereocenters. The zero-order chi connectivity index (χ0) is 27.7. The summed E-state index contributed by atoms with van der Waals surface area (Å²) in [4.78, 5) is 42.7. The van der Waals surface area contributed by atoms with E-state index in [9.17, 15) is 14.4 Å². The summed E-state index contributed by atoms with van der Waals surface area (Å²) in [7, 11) is 0. The van der Waals surface area contributed by atoms with Gasteiger partial charge in [0.2, 0.25) is 5.43 Å². The summed E-state index contributed by atoms with van der Waals surface area (Å²) in [6.45, 7) is 5.41. The Morgan fingerprint density at radius 2 is 1.51 bits per heavy atom. The van der Waals surface area contributed by atoms with Gasteiger partial charge >= 0.3 is 5.97 Å². The van der Waals surface area contributed by atoms with Crippen molar-refractivity contribution in [1.82, 2.24) is 4.57 Å². The molecule has 0 spiro atoms. The standard InChI is InChI=1S/C28H29F2N3O6/c1-3-39-28(36)27(35)18-16-33(19-7-5-4-6-17(19)2)24-20(26(18)34)23(31-8-12-37-13-9-31)21(29)25(22(24)30)32-10-14-38-15-11-32/h4-7,16H,3,8-15H2,1-2H3. The van der Waals surface area contributed by atoms with Gasteiger partial charge in [0, 0.05) is 38.1 Å². The topological polar surface area (TPSA) is 90.3 Å². The molecule has 39 heavy (non-hydrogen) atoms. The van der Waals surface area contributed by atoms with Crippen molar-refractivity contribution in [3.05, 3.63) is 63.4 Å². The summed E-state index contributed by atoms with van der Waals surface area (Å²) in [6.07, 6.45) is 1.15. The molecule has 0 saturated carbocycles. The van der Waals surface area contributed by atoms with Crippen molar-refractivity contribution in [2.45, 2.75) is 13.8 Å². The molecule has 0 amide bonds. The summed E-state index contributed by atoms with van der Waals surface area (Å²) < 4.78 is 50.2. The summed E-state index contributed by atoms with van der Waals surface area (Å²) in [6, 6.07) is 7.01. The number of rotatable bonds is 6. The van der Waals surface area contributed by atoms with E-state index >= 15 is 8.78 Å². The molecule has 3 heterocycles. The Hall–Kier alpha value is -3.83. The lowest BCUT2D eigenvalue weighted by Gasteiger charge is -2.34. The first kappa shape index (κ1) is 26.8. The Morgan fingerprint density at radius 1 is 0.923 bits per heavy atom. The number of Topliss-reactive ketones (excluding diaryl/α,β-unsaturated/α-hetero) is 1. The molecule has 0 radical (unpaired) electrons. The van der Waals surface area contributed by atoms with Gasteiger partial charge in [0.15, 0.2) is 11.6 Å². The van der Waals surface area contributed by atoms with E-state index in [4.69, 9.17) is 14.2 Å². The summed E-state index contributed by atoms with van der Waals surface area (Å²) in [5.41, 5.74) is -0.870. The van der Waals surface area contributed by atoms with E-state index in [-0.39, 0.29) is 68.3 Å². The Morgan fingerprint density at radius 3 is 2.10 bits per heavy atom. The van der Waals surface area contributed by atoms with Crippen molar-refractivity contribution in [3.8, 4) is 5.69 Å². The molecule has 0 N–H and O–H groups in total. The lowest BCUT2D eigenvalue weighted by molar-refractivity contribution is -0.137. The number of carbonyl (C=O) groups excluding carboxylic acids is 2. The number of fused-ring (bicyclic) bond motifs is 1. The molecule has 2 saturated heterocycles. The predicted molar refractivity (Wildman–Crippen MR) is 141 cm³/mol. The predicted octanol–water partition coefficient (Wildman–Crippen LogP) is 3.00. The number of benzene rings is 2. The third-order valence-corrected chi connectivity index (χ3v) is 7.01. The highest BCUT2D eigenvalue weighted by Crippen LogP contribution is 2.40. The smallest absolute Gasteiger partial charge is 0.379 e. The third-order valence-electron chi connectivity index (χ3n) is 7.01. The number of ether oxygens (including phenoxy) is 3. The van der Waals surface area contributed by atoms with Crippen molar-refractivity contribution < 1.29 is 32.6 Å². The van der Waals surface area contributed by atoms with Crippen LogP contribution in [0.3, 0.4) is 0 Å². The maximum Gasteiger partial charge on any atom is 0.379 e. The first-order valence-electron chi connectivity index (χ1n) is 12.9. The molecule has 0 unspecified atom stereocenters. The molecular formula is C28H29F2N3O6. The average molecular weight is 542 g/mol. The van der Waals surface area contributed by atoms with Gasteiger partial charge in [-0.2, -0.15) is 0 Å². The van der Waals surface area contributed by atoms with Gasteiger partial charge < -0.3 is 28.6 Å². The fourth-order valence-electron chi connectivity index (χ4n) is 5.12. The number of carbonyl (C=O) groups is 2. The maximum absolute atomic E-state index is 16.6. The second-order valence-electron chi connectivity index (χ2n) is 9.33. The molecule has 5 rings (SSSR count). The molecule has 206 valence electrons. The monoisotopic (exact) mass is 541 g/mol. The first-order chi connectivity index (χ1) is 18.8. The van der Waals surface area contributed by atoms with Crippen molar-refractivity contribution in [2.24, 2.45) is 0 Å². The Bertz CT molecular complexity index is 1490. The van der Waals surface area contributed by atoms with E-state index in [0.717, 1.165) is 6.20 Å². The number of aromatic nitrogens is 1. The quantitative estimate of drug-likeness (QED) is 0.267. The van der Waals surface area contributed by atoms with Crippen LogP contribution in [0.25, 0.3) is 16.6 Å². The zero-order valence-corrected chi connectivity index (χ0v) is 21.8. The fraction of sp³-hybridized carbons (Fsp3) is 0.393. The van der Waals surface area contributed by atoms with Crippen LogP contribution in [0.4, 0.5) is 20.2 Å². The molecule has 1 aromatic heterocycles. The van der Waals surface area contributed by atoms with Crippen molar-refractivity contribution in [2.75, 3.05) is 69.0 Å². The molecule has 3 aromatic rings. The number of morpholine rings is 2. The number of ketones is 1. The van der Waals surface area contributed by atoms with E-state index in [1.165, 1.54) is 11.5 Å². The fourth-order valence-corrected chi connectivity index (χ4v) is 5.12. The number of nitrogens with zero attached hydrogens (tertiary/aromatic N) is 3. The van der Waals surface area contributed by atoms with Gasteiger partial charge in [-0.1, -0.05) is 18.2 Å². The summed E-state index contributed by atoms with van der Waals surface area (Å²) in [5, 5.41) is -0.317. The van der Waals surface area contributed by atoms with Gasteiger partial charge in [-0.25, -0.2) is 13.6 Å². The van der Waals surface area contributed by atoms with Crippen LogP contribution in [0.2, 0.25) is 0 Å². The van der Waals surface area contributed by atoms with Gasteiger partial charge in [-0.15, -0.1) is 0 Å². The zero-order valence-electron chi connectivity index (χ0n) is 21.8. The minimum absolute atomic E-state index is 0.0741. The van der Waals surface area contributed by atoms with Crippen LogP contribution >= 0.6 is 0 Å². The average Bonchev–Trinajstić information content (AvgIpc) is 2.95. The Labute approximate surface area is 223 Å². The summed E-state index contributed by atoms with van der Waals surface area (Å²) in [5.74, 6) is -4.24. The molecule has 2 fully saturated rings. The first-order valence-corrected chi connectivity index (χ1v) is 12.9. The van der Waals surface area contributed by atoms with E-state index in [0.29, 0.717) is 24.5 Å². The lowest BCUT2D eigenvalue weighted by Crippen LogP contribution is -2.40. The molecular weight excluding hydrogens is 512 g/mol. The maximum atomic E-state index is 16.6. The third kappa shape index (κ3) is 4.76. The number of pyridine rings is 1. The number of aryl methyl sites for hydroxylation is 1. The van der Waals surface area contributed by atoms with E-state index in [1.54, 1.807) is 41.0 Å². The van der Waals surface area contributed by atoms with Crippen LogP contribution in [0.15, 0.2) is 35.3 Å². The lowest BCUT2D eigenvalue weighted by atomic mass is 10.0. The van der Waals surface area contributed by atoms with Crippen LogP contribution < -0.4 is 15.2 Å². The number of esters is 1. The highest BCUT2D eigenvalue weighted by Gasteiger charge is 2.34. The minimum Gasteiger partial charge on any atom is -0.460 e. The van der Waals surface area contributed by atoms with Crippen LogP contribution in [0.1, 0.15) is 22.8 Å². The van der Waals surface area contributed by atoms with Gasteiger partial charge in [0.1, 0.15) is 5.69 Å². The molecule has 9 nitrogen and oxygen atoms in total. The SMILES string of the molecule is CCOC(=O)C(=O)c1cn(-c2ccccc2C)c2c(F)c(N3CCOCC3)c(F)c(N3CCOCC3)c2c1=O. The number of anilines is 2. The van der Waals surface area contributed by atoms with Gasteiger partial charge in [-0.05, 0) is 25.5 Å². The Kier molecular flexibility index (Phi) is 7.62. The largest absolute Gasteiger partial charge is 0.460 e. The number of hydrogen-bond donors (Lipinski definition) is 0. The number of para-hydroxylation sites is 1. The van der Waals surface area contributed by atoms with Gasteiger partial charge in [-0.3, -0.25) is 9.59 Å². The second kappa shape index (κ2) is 11.1. The van der Waals surface area contributed by atoms with Gasteiger partial charge in [0.05, 0.1) is 55.2 Å². The highest BCUT2D eigenvalue weighted by atomic mass is 19.1. The van der Waals surface area contributed by atoms with E-state index in [1.807, 2.05) is 0 Å². The molecule has 0 bridgehead atoms. The Balaban J connectivity index is 1.93. The molecule has 0 aliphatic carbocycles. The van der Waals surface area contributed by atoms with Crippen LogP contribution in [-0.2, 0) is 19.0 Å². The summed E-state index contributed by atoms with van der Waals surface area (Å²) >= 11 is 0. The van der Waals surface area contributed by atoms with Gasteiger partial charge in [0.25, 0.3) is 5.78 Å².